The fraction of sp³-hybridized carbons (Fsp3) is 0.133. The van der Waals surface area contributed by atoms with Gasteiger partial charge in [-0.05, 0) is 30.7 Å². The minimum absolute atomic E-state index is 0.0248. The van der Waals surface area contributed by atoms with Crippen LogP contribution in [0, 0.1) is 6.92 Å². The Balaban J connectivity index is 2.04. The lowest BCUT2D eigenvalue weighted by atomic mass is 10.2. The average molecular weight is 335 g/mol. The van der Waals surface area contributed by atoms with Crippen LogP contribution in [0.3, 0.4) is 0 Å². The molecule has 0 aliphatic carbocycles. The molecule has 2 aromatic carbocycles. The molecular weight excluding hydrogens is 322 g/mol. The van der Waals surface area contributed by atoms with Crippen LogP contribution in [0.1, 0.15) is 5.56 Å². The average Bonchev–Trinajstić information content (AvgIpc) is 2.87. The number of nitrogens with zero attached hydrogens (tertiary/aromatic N) is 1. The molecule has 0 aliphatic heterocycles. The van der Waals surface area contributed by atoms with Gasteiger partial charge in [0.15, 0.2) is 4.90 Å². The first-order chi connectivity index (χ1) is 10.5. The van der Waals surface area contributed by atoms with Crippen molar-refractivity contribution >= 4 is 31.7 Å². The third-order valence-corrected chi connectivity index (χ3v) is 5.52. The number of rotatable bonds is 4. The largest absolute Gasteiger partial charge is 0.495 e. The summed E-state index contributed by atoms with van der Waals surface area (Å²) in [5, 5.41) is 0.0894. The van der Waals surface area contributed by atoms with Crippen LogP contribution in [0.2, 0.25) is 0 Å². The molecule has 0 saturated carbocycles. The second kappa shape index (κ2) is 5.58. The summed E-state index contributed by atoms with van der Waals surface area (Å²) < 4.78 is 36.3. The highest BCUT2D eigenvalue weighted by Crippen LogP contribution is 2.33. The fourth-order valence-electron chi connectivity index (χ4n) is 2.13. The number of methoxy groups -OCH3 is 1. The zero-order valence-corrected chi connectivity index (χ0v) is 13.6. The van der Waals surface area contributed by atoms with Gasteiger partial charge in [0.2, 0.25) is 0 Å². The van der Waals surface area contributed by atoms with Crippen LogP contribution in [-0.2, 0) is 10.1 Å². The van der Waals surface area contributed by atoms with Crippen molar-refractivity contribution in [1.82, 2.24) is 4.98 Å². The summed E-state index contributed by atoms with van der Waals surface area (Å²) in [5.74, 6) is 0.251. The lowest BCUT2D eigenvalue weighted by molar-refractivity contribution is 0.397. The van der Waals surface area contributed by atoms with E-state index in [1.807, 2.05) is 18.2 Å². The van der Waals surface area contributed by atoms with Gasteiger partial charge in [0.25, 0.3) is 5.19 Å². The normalized spacial score (nSPS) is 11.5. The van der Waals surface area contributed by atoms with Gasteiger partial charge in [-0.15, -0.1) is 0 Å². The summed E-state index contributed by atoms with van der Waals surface area (Å²) in [7, 11) is -2.59. The summed E-state index contributed by atoms with van der Waals surface area (Å²) in [5.41, 5.74) is 1.26. The quantitative estimate of drug-likeness (QED) is 0.684. The smallest absolute Gasteiger partial charge is 0.345 e. The van der Waals surface area contributed by atoms with Crippen molar-refractivity contribution in [3.05, 3.63) is 48.0 Å². The Morgan fingerprint density at radius 3 is 2.59 bits per heavy atom. The molecule has 0 amide bonds. The van der Waals surface area contributed by atoms with Gasteiger partial charge in [0.1, 0.15) is 5.75 Å². The third kappa shape index (κ3) is 2.65. The Morgan fingerprint density at radius 1 is 1.09 bits per heavy atom. The van der Waals surface area contributed by atoms with Gasteiger partial charge in [-0.2, -0.15) is 8.42 Å². The number of fused-ring (bicyclic) bond motifs is 1. The second-order valence-corrected chi connectivity index (χ2v) is 7.07. The molecule has 0 radical (unpaired) electrons. The predicted octanol–water partition coefficient (Wildman–Crippen LogP) is 3.38. The van der Waals surface area contributed by atoms with Crippen LogP contribution in [-0.4, -0.2) is 20.5 Å². The Hall–Kier alpha value is -2.12. The van der Waals surface area contributed by atoms with Crippen molar-refractivity contribution in [3.8, 4) is 10.9 Å². The zero-order chi connectivity index (χ0) is 15.7. The molecule has 1 heterocycles. The molecule has 3 rings (SSSR count). The van der Waals surface area contributed by atoms with E-state index in [0.29, 0.717) is 11.1 Å². The highest BCUT2D eigenvalue weighted by molar-refractivity contribution is 7.87. The monoisotopic (exact) mass is 335 g/mol. The predicted molar refractivity (Wildman–Crippen MR) is 85.2 cm³/mol. The molecule has 0 bridgehead atoms. The number of hydrogen-bond acceptors (Lipinski definition) is 6. The second-order valence-electron chi connectivity index (χ2n) is 4.59. The molecule has 7 heteroatoms. The van der Waals surface area contributed by atoms with Gasteiger partial charge in [0.05, 0.1) is 17.3 Å². The first kappa shape index (κ1) is 14.8. The molecule has 5 nitrogen and oxygen atoms in total. The van der Waals surface area contributed by atoms with Crippen molar-refractivity contribution in [3.63, 3.8) is 0 Å². The van der Waals surface area contributed by atoms with Crippen LogP contribution >= 0.6 is 11.3 Å². The molecule has 3 aromatic rings. The van der Waals surface area contributed by atoms with E-state index in [4.69, 9.17) is 8.92 Å². The lowest BCUT2D eigenvalue weighted by Crippen LogP contribution is -2.12. The zero-order valence-electron chi connectivity index (χ0n) is 11.9. The summed E-state index contributed by atoms with van der Waals surface area (Å²) >= 11 is 1.18. The first-order valence-corrected chi connectivity index (χ1v) is 8.67. The molecule has 0 unspecified atom stereocenters. The summed E-state index contributed by atoms with van der Waals surface area (Å²) in [6, 6.07) is 12.4. The van der Waals surface area contributed by atoms with Gasteiger partial charge < -0.3 is 8.92 Å². The van der Waals surface area contributed by atoms with Crippen LogP contribution < -0.4 is 8.92 Å². The minimum atomic E-state index is -4.01. The summed E-state index contributed by atoms with van der Waals surface area (Å²) in [6.07, 6.45) is 0. The van der Waals surface area contributed by atoms with E-state index in [9.17, 15) is 8.42 Å². The SMILES string of the molecule is COc1cccc(C)c1S(=O)(=O)Oc1nc2ccccc2s1. The fourth-order valence-corrected chi connectivity index (χ4v) is 4.40. The van der Waals surface area contributed by atoms with Gasteiger partial charge in [-0.25, -0.2) is 4.98 Å². The molecule has 0 fully saturated rings. The molecule has 0 atom stereocenters. The van der Waals surface area contributed by atoms with E-state index in [0.717, 1.165) is 4.70 Å². The van der Waals surface area contributed by atoms with E-state index in [-0.39, 0.29) is 15.8 Å². The minimum Gasteiger partial charge on any atom is -0.495 e. The Morgan fingerprint density at radius 2 is 1.86 bits per heavy atom. The maximum absolute atomic E-state index is 12.5. The van der Waals surface area contributed by atoms with Gasteiger partial charge in [-0.1, -0.05) is 35.6 Å². The topological polar surface area (TPSA) is 65.5 Å². The number of ether oxygens (including phenoxy) is 1. The number of thiazole rings is 1. The van der Waals surface area contributed by atoms with Crippen molar-refractivity contribution in [2.24, 2.45) is 0 Å². The number of aromatic nitrogens is 1. The number of hydrogen-bond donors (Lipinski definition) is 0. The van der Waals surface area contributed by atoms with Gasteiger partial charge in [-0.3, -0.25) is 0 Å². The molecule has 0 aliphatic rings. The summed E-state index contributed by atoms with van der Waals surface area (Å²) in [6.45, 7) is 1.69. The van der Waals surface area contributed by atoms with Crippen LogP contribution in [0.25, 0.3) is 10.2 Å². The maximum Gasteiger partial charge on any atom is 0.345 e. The number of aryl methyl sites for hydroxylation is 1. The lowest BCUT2D eigenvalue weighted by Gasteiger charge is -2.11. The van der Waals surface area contributed by atoms with E-state index < -0.39 is 10.1 Å². The van der Waals surface area contributed by atoms with E-state index in [1.165, 1.54) is 18.4 Å². The van der Waals surface area contributed by atoms with Crippen LogP contribution in [0.15, 0.2) is 47.4 Å². The van der Waals surface area contributed by atoms with Gasteiger partial charge in [0, 0.05) is 0 Å². The van der Waals surface area contributed by atoms with Crippen LogP contribution in [0.4, 0.5) is 0 Å². The first-order valence-electron chi connectivity index (χ1n) is 6.45. The van der Waals surface area contributed by atoms with Gasteiger partial charge >= 0.3 is 10.1 Å². The van der Waals surface area contributed by atoms with E-state index >= 15 is 0 Å². The third-order valence-electron chi connectivity index (χ3n) is 3.10. The molecule has 22 heavy (non-hydrogen) atoms. The molecule has 114 valence electrons. The van der Waals surface area contributed by atoms with E-state index in [2.05, 4.69) is 4.98 Å². The van der Waals surface area contributed by atoms with Crippen molar-refractivity contribution in [2.75, 3.05) is 7.11 Å². The van der Waals surface area contributed by atoms with Crippen molar-refractivity contribution < 1.29 is 17.3 Å². The Bertz CT molecular complexity index is 899. The van der Waals surface area contributed by atoms with Crippen LogP contribution in [0.5, 0.6) is 10.9 Å². The highest BCUT2D eigenvalue weighted by Gasteiger charge is 2.25. The van der Waals surface area contributed by atoms with Crippen molar-refractivity contribution in [1.29, 1.82) is 0 Å². The maximum atomic E-state index is 12.5. The van der Waals surface area contributed by atoms with Crippen molar-refractivity contribution in [2.45, 2.75) is 11.8 Å². The van der Waals surface area contributed by atoms with E-state index in [1.54, 1.807) is 31.2 Å². The molecule has 0 spiro atoms. The molecule has 1 aromatic heterocycles. The molecule has 0 saturated heterocycles. The number of benzene rings is 2. The Labute approximate surface area is 132 Å². The summed E-state index contributed by atoms with van der Waals surface area (Å²) in [4.78, 5) is 4.21. The highest BCUT2D eigenvalue weighted by atomic mass is 32.2. The molecule has 0 N–H and O–H groups in total. The standard InChI is InChI=1S/C15H13NO4S2/c1-10-6-5-8-12(19-2)14(10)22(17,18)20-15-16-11-7-3-4-9-13(11)21-15/h3-9H,1-2H3. The number of para-hydroxylation sites is 1. The Kier molecular flexibility index (Phi) is 3.76. The molecular formula is C15H13NO4S2.